The molecule has 160 valence electrons. The third-order valence-electron chi connectivity index (χ3n) is 4.77. The maximum atomic E-state index is 13.3. The highest BCUT2D eigenvalue weighted by molar-refractivity contribution is 7.20. The number of nitrogens with zero attached hydrogens (tertiary/aromatic N) is 2. The number of thiophene rings is 1. The fraction of sp³-hybridized carbons (Fsp3) is 0.217. The van der Waals surface area contributed by atoms with Crippen molar-refractivity contribution in [3.8, 4) is 11.4 Å². The number of halogens is 1. The summed E-state index contributed by atoms with van der Waals surface area (Å²) in [6.07, 6.45) is 0. The van der Waals surface area contributed by atoms with Crippen LogP contribution in [0.25, 0.3) is 15.9 Å². The topological polar surface area (TPSA) is 65.4 Å². The van der Waals surface area contributed by atoms with Crippen LogP contribution in [-0.4, -0.2) is 36.0 Å². The number of aromatic nitrogens is 2. The van der Waals surface area contributed by atoms with Crippen molar-refractivity contribution in [1.29, 1.82) is 0 Å². The first kappa shape index (κ1) is 21.0. The highest BCUT2D eigenvalue weighted by atomic mass is 32.1. The molecule has 0 saturated heterocycles. The molecule has 0 unspecified atom stereocenters. The molecule has 0 aliphatic heterocycles. The number of benzene rings is 2. The smallest absolute Gasteiger partial charge is 0.265 e. The summed E-state index contributed by atoms with van der Waals surface area (Å²) in [5.41, 5.74) is 3.16. The first-order valence-corrected chi connectivity index (χ1v) is 10.6. The van der Waals surface area contributed by atoms with Gasteiger partial charge in [-0.05, 0) is 61.9 Å². The normalized spacial score (nSPS) is 11.1. The van der Waals surface area contributed by atoms with Gasteiger partial charge in [0.25, 0.3) is 5.91 Å². The number of nitrogens with one attached hydrogen (secondary N) is 1. The Labute approximate surface area is 183 Å². The highest BCUT2D eigenvalue weighted by Gasteiger charge is 2.18. The van der Waals surface area contributed by atoms with Gasteiger partial charge in [-0.1, -0.05) is 6.07 Å². The van der Waals surface area contributed by atoms with Crippen LogP contribution >= 0.6 is 11.3 Å². The summed E-state index contributed by atoms with van der Waals surface area (Å²) >= 11 is 1.34. The number of hydrogen-bond acceptors (Lipinski definition) is 5. The van der Waals surface area contributed by atoms with Gasteiger partial charge in [-0.3, -0.25) is 4.79 Å². The number of amides is 1. The van der Waals surface area contributed by atoms with Gasteiger partial charge >= 0.3 is 0 Å². The van der Waals surface area contributed by atoms with E-state index in [2.05, 4.69) is 10.4 Å². The van der Waals surface area contributed by atoms with Crippen molar-refractivity contribution in [2.75, 3.05) is 25.6 Å². The lowest BCUT2D eigenvalue weighted by molar-refractivity contribution is 0.102. The second-order valence-electron chi connectivity index (χ2n) is 7.10. The van der Waals surface area contributed by atoms with Gasteiger partial charge in [0.2, 0.25) is 0 Å². The van der Waals surface area contributed by atoms with E-state index in [1.807, 2.05) is 38.1 Å². The van der Waals surface area contributed by atoms with E-state index in [1.165, 1.54) is 23.5 Å². The molecular formula is C23H22FN3O3S. The largest absolute Gasteiger partial charge is 0.489 e. The van der Waals surface area contributed by atoms with Gasteiger partial charge in [0.05, 0.1) is 28.6 Å². The average Bonchev–Trinajstić information content (AvgIpc) is 3.32. The number of methoxy groups -OCH3 is 1. The van der Waals surface area contributed by atoms with Gasteiger partial charge in [-0.15, -0.1) is 11.3 Å². The molecule has 0 aliphatic carbocycles. The molecule has 31 heavy (non-hydrogen) atoms. The van der Waals surface area contributed by atoms with Crippen molar-refractivity contribution in [3.63, 3.8) is 0 Å². The molecule has 4 rings (SSSR count). The third-order valence-corrected chi connectivity index (χ3v) is 5.88. The summed E-state index contributed by atoms with van der Waals surface area (Å²) in [7, 11) is 1.61. The standard InChI is InChI=1S/C23H22FN3O3S/c1-14-4-9-19(20(12-14)30-11-10-29-3)25-22(28)21-13-18-15(2)26-27(23(18)31-21)17-7-5-16(24)6-8-17/h4-9,12-13H,10-11H2,1-3H3,(H,25,28). The third kappa shape index (κ3) is 4.45. The summed E-state index contributed by atoms with van der Waals surface area (Å²) in [6.45, 7) is 4.69. The minimum absolute atomic E-state index is 0.230. The van der Waals surface area contributed by atoms with E-state index in [0.717, 1.165) is 27.2 Å². The molecule has 4 aromatic rings. The Morgan fingerprint density at radius 1 is 1.13 bits per heavy atom. The fourth-order valence-corrected chi connectivity index (χ4v) is 4.27. The first-order valence-electron chi connectivity index (χ1n) is 9.75. The highest BCUT2D eigenvalue weighted by Crippen LogP contribution is 2.32. The van der Waals surface area contributed by atoms with Crippen molar-refractivity contribution < 1.29 is 18.7 Å². The molecule has 0 aliphatic rings. The minimum Gasteiger partial charge on any atom is -0.489 e. The molecule has 0 bridgehead atoms. The number of fused-ring (bicyclic) bond motifs is 1. The molecule has 0 radical (unpaired) electrons. The quantitative estimate of drug-likeness (QED) is 0.406. The van der Waals surface area contributed by atoms with Crippen LogP contribution in [0, 0.1) is 19.7 Å². The molecule has 8 heteroatoms. The summed E-state index contributed by atoms with van der Waals surface area (Å²) in [5.74, 6) is 0.0589. The number of rotatable bonds is 7. The van der Waals surface area contributed by atoms with Crippen LogP contribution in [0.1, 0.15) is 20.9 Å². The Morgan fingerprint density at radius 3 is 2.65 bits per heavy atom. The van der Waals surface area contributed by atoms with E-state index in [0.29, 0.717) is 29.5 Å². The Hall–Kier alpha value is -3.23. The van der Waals surface area contributed by atoms with Crippen LogP contribution in [-0.2, 0) is 4.74 Å². The summed E-state index contributed by atoms with van der Waals surface area (Å²) in [4.78, 5) is 14.4. The van der Waals surface area contributed by atoms with Crippen molar-refractivity contribution in [2.24, 2.45) is 0 Å². The van der Waals surface area contributed by atoms with E-state index in [1.54, 1.807) is 23.9 Å². The monoisotopic (exact) mass is 439 g/mol. The molecule has 0 saturated carbocycles. The zero-order valence-electron chi connectivity index (χ0n) is 17.4. The van der Waals surface area contributed by atoms with Crippen LogP contribution in [0.3, 0.4) is 0 Å². The van der Waals surface area contributed by atoms with Gasteiger partial charge in [-0.25, -0.2) is 9.07 Å². The van der Waals surface area contributed by atoms with Gasteiger partial charge < -0.3 is 14.8 Å². The van der Waals surface area contributed by atoms with Gasteiger partial charge in [0.15, 0.2) is 0 Å². The SMILES string of the molecule is COCCOc1cc(C)ccc1NC(=O)c1cc2c(C)nn(-c3ccc(F)cc3)c2s1. The summed E-state index contributed by atoms with van der Waals surface area (Å²) in [5, 5.41) is 8.37. The molecule has 6 nitrogen and oxygen atoms in total. The minimum atomic E-state index is -0.309. The molecule has 1 amide bonds. The number of ether oxygens (including phenoxy) is 2. The molecule has 2 aromatic heterocycles. The number of aryl methyl sites for hydroxylation is 2. The molecule has 0 spiro atoms. The van der Waals surface area contributed by atoms with Crippen LogP contribution in [0.4, 0.5) is 10.1 Å². The van der Waals surface area contributed by atoms with E-state index >= 15 is 0 Å². The maximum Gasteiger partial charge on any atom is 0.265 e. The zero-order valence-corrected chi connectivity index (χ0v) is 18.3. The predicted molar refractivity (Wildman–Crippen MR) is 120 cm³/mol. The molecule has 1 N–H and O–H groups in total. The van der Waals surface area contributed by atoms with E-state index < -0.39 is 0 Å². The maximum absolute atomic E-state index is 13.3. The van der Waals surface area contributed by atoms with Crippen LogP contribution in [0.5, 0.6) is 5.75 Å². The summed E-state index contributed by atoms with van der Waals surface area (Å²) in [6, 6.07) is 13.6. The van der Waals surface area contributed by atoms with Gasteiger partial charge in [0, 0.05) is 12.5 Å². The molecule has 0 atom stereocenters. The number of hydrogen-bond donors (Lipinski definition) is 1. The Balaban J connectivity index is 1.62. The average molecular weight is 440 g/mol. The van der Waals surface area contributed by atoms with Crippen LogP contribution in [0.15, 0.2) is 48.5 Å². The van der Waals surface area contributed by atoms with Gasteiger partial charge in [0.1, 0.15) is 23.0 Å². The van der Waals surface area contributed by atoms with Gasteiger partial charge in [-0.2, -0.15) is 5.10 Å². The predicted octanol–water partition coefficient (Wildman–Crippen LogP) is 5.12. The van der Waals surface area contributed by atoms with Crippen molar-refractivity contribution >= 4 is 33.1 Å². The number of anilines is 1. The Kier molecular flexibility index (Phi) is 6.01. The summed E-state index contributed by atoms with van der Waals surface area (Å²) < 4.78 is 25.8. The zero-order chi connectivity index (χ0) is 22.0. The van der Waals surface area contributed by atoms with Crippen molar-refractivity contribution in [1.82, 2.24) is 9.78 Å². The Morgan fingerprint density at radius 2 is 1.90 bits per heavy atom. The van der Waals surface area contributed by atoms with Crippen molar-refractivity contribution in [3.05, 3.63) is 70.5 Å². The molecule has 0 fully saturated rings. The van der Waals surface area contributed by atoms with E-state index in [-0.39, 0.29) is 11.7 Å². The fourth-order valence-electron chi connectivity index (χ4n) is 3.19. The second kappa shape index (κ2) is 8.87. The lowest BCUT2D eigenvalue weighted by Gasteiger charge is -2.13. The number of carbonyl (C=O) groups excluding carboxylic acids is 1. The van der Waals surface area contributed by atoms with Crippen molar-refractivity contribution in [2.45, 2.75) is 13.8 Å². The molecular weight excluding hydrogens is 417 g/mol. The van der Waals surface area contributed by atoms with Crippen LogP contribution < -0.4 is 10.1 Å². The molecule has 2 heterocycles. The van der Waals surface area contributed by atoms with E-state index in [9.17, 15) is 9.18 Å². The second-order valence-corrected chi connectivity index (χ2v) is 8.13. The van der Waals surface area contributed by atoms with E-state index in [4.69, 9.17) is 9.47 Å². The first-order chi connectivity index (χ1) is 15.0. The number of carbonyl (C=O) groups is 1. The lowest BCUT2D eigenvalue weighted by atomic mass is 10.2. The van der Waals surface area contributed by atoms with Crippen LogP contribution in [0.2, 0.25) is 0 Å². The Bertz CT molecular complexity index is 1230. The lowest BCUT2D eigenvalue weighted by Crippen LogP contribution is -2.13. The molecule has 2 aromatic carbocycles.